The molecular formula is C4H11O3PSYb. The second-order valence-corrected chi connectivity index (χ2v) is 4.14. The predicted molar refractivity (Wildman–Crippen MR) is 39.8 cm³/mol. The molecule has 0 rings (SSSR count). The molecule has 0 bridgehead atoms. The van der Waals surface area contributed by atoms with Crippen LogP contribution in [0.2, 0.25) is 0 Å². The summed E-state index contributed by atoms with van der Waals surface area (Å²) in [6, 6.07) is 0. The van der Waals surface area contributed by atoms with E-state index in [1.54, 1.807) is 13.8 Å². The molecule has 0 amide bonds. The molecule has 0 radical (unpaired) electrons. The minimum Gasteiger partial charge on any atom is -0.324 e. The molecule has 0 aliphatic carbocycles. The van der Waals surface area contributed by atoms with Gasteiger partial charge >= 0.3 is 6.72 Å². The van der Waals surface area contributed by atoms with E-state index in [2.05, 4.69) is 11.8 Å². The van der Waals surface area contributed by atoms with Crippen molar-refractivity contribution in [2.24, 2.45) is 0 Å². The van der Waals surface area contributed by atoms with Crippen LogP contribution in [0.15, 0.2) is 0 Å². The summed E-state index contributed by atoms with van der Waals surface area (Å²) in [4.78, 5) is 9.00. The van der Waals surface area contributed by atoms with Crippen LogP contribution in [-0.2, 0) is 20.9 Å². The molecule has 1 N–H and O–H groups in total. The van der Waals surface area contributed by atoms with Crippen molar-refractivity contribution in [2.45, 2.75) is 13.8 Å². The van der Waals surface area contributed by atoms with Gasteiger partial charge in [-0.1, -0.05) is 0 Å². The first-order valence-electron chi connectivity index (χ1n) is 2.74. The average Bonchev–Trinajstić information content (AvgIpc) is 1.64. The summed E-state index contributed by atoms with van der Waals surface area (Å²) >= 11 is 4.56. The Morgan fingerprint density at radius 3 is 1.80 bits per heavy atom. The van der Waals surface area contributed by atoms with Crippen LogP contribution in [0.5, 0.6) is 0 Å². The van der Waals surface area contributed by atoms with Gasteiger partial charge in [-0.3, -0.25) is 0 Å². The van der Waals surface area contributed by atoms with Gasteiger partial charge in [0.25, 0.3) is 0 Å². The van der Waals surface area contributed by atoms with E-state index in [1.165, 1.54) is 0 Å². The fraction of sp³-hybridized carbons (Fsp3) is 1.00. The molecule has 0 aliphatic rings. The standard InChI is InChI=1S/C4H11O3PS.Yb/c1-3-6-8(5,9)7-4-2;/h3-4H2,1-2H3,(H,5,9);. The number of rotatable bonds is 4. The van der Waals surface area contributed by atoms with Crippen molar-refractivity contribution in [3.63, 3.8) is 0 Å². The summed E-state index contributed by atoms with van der Waals surface area (Å²) < 4.78 is 9.46. The summed E-state index contributed by atoms with van der Waals surface area (Å²) in [5, 5.41) is 0. The van der Waals surface area contributed by atoms with E-state index in [9.17, 15) is 0 Å². The SMILES string of the molecule is CCOP(O)(=S)OCC.[Yb]. The summed E-state index contributed by atoms with van der Waals surface area (Å²) in [7, 11) is 0. The molecule has 0 spiro atoms. The maximum absolute atomic E-state index is 9.00. The third kappa shape index (κ3) is 8.15. The molecule has 6 heteroatoms. The Labute approximate surface area is 105 Å². The molecule has 0 aromatic heterocycles. The minimum atomic E-state index is -2.86. The predicted octanol–water partition coefficient (Wildman–Crippen LogP) is 1.28. The normalized spacial score (nSPS) is 10.7. The first-order chi connectivity index (χ1) is 4.12. The summed E-state index contributed by atoms with van der Waals surface area (Å²) in [6.07, 6.45) is 0. The van der Waals surface area contributed by atoms with E-state index in [4.69, 9.17) is 13.9 Å². The molecule has 0 aliphatic heterocycles. The van der Waals surface area contributed by atoms with Crippen LogP contribution < -0.4 is 0 Å². The van der Waals surface area contributed by atoms with Crippen LogP contribution >= 0.6 is 6.72 Å². The van der Waals surface area contributed by atoms with E-state index in [0.29, 0.717) is 13.2 Å². The van der Waals surface area contributed by atoms with E-state index in [1.807, 2.05) is 0 Å². The van der Waals surface area contributed by atoms with Crippen LogP contribution in [0, 0.1) is 46.9 Å². The van der Waals surface area contributed by atoms with Gasteiger partial charge in [-0.2, -0.15) is 0 Å². The summed E-state index contributed by atoms with van der Waals surface area (Å²) in [5.74, 6) is 0. The monoisotopic (exact) mass is 344 g/mol. The van der Waals surface area contributed by atoms with Crippen molar-refractivity contribution in [3.8, 4) is 0 Å². The summed E-state index contributed by atoms with van der Waals surface area (Å²) in [5.41, 5.74) is 0. The Balaban J connectivity index is 0. The van der Waals surface area contributed by atoms with Crippen molar-refractivity contribution >= 4 is 18.5 Å². The third-order valence-corrected chi connectivity index (χ3v) is 2.39. The van der Waals surface area contributed by atoms with E-state index in [-0.39, 0.29) is 46.9 Å². The maximum Gasteiger partial charge on any atom is 0.324 e. The Kier molecular flexibility index (Phi) is 11.2. The largest absolute Gasteiger partial charge is 0.324 e. The topological polar surface area (TPSA) is 38.7 Å². The molecule has 0 heterocycles. The van der Waals surface area contributed by atoms with Crippen molar-refractivity contribution in [3.05, 3.63) is 0 Å². The first kappa shape index (κ1) is 14.6. The van der Waals surface area contributed by atoms with Crippen LogP contribution in [0.25, 0.3) is 0 Å². The second-order valence-electron chi connectivity index (χ2n) is 1.30. The second kappa shape index (κ2) is 7.69. The molecule has 0 saturated heterocycles. The Morgan fingerprint density at radius 2 is 1.60 bits per heavy atom. The molecular weight excluding hydrogens is 332 g/mol. The Hall–Kier alpha value is 2.05. The maximum atomic E-state index is 9.00. The van der Waals surface area contributed by atoms with Gasteiger partial charge in [0.1, 0.15) is 0 Å². The van der Waals surface area contributed by atoms with Gasteiger partial charge in [0.15, 0.2) is 0 Å². The summed E-state index contributed by atoms with van der Waals surface area (Å²) in [6.45, 7) is 1.45. The smallest absolute Gasteiger partial charge is 0.324 e. The average molecular weight is 343 g/mol. The molecule has 3 nitrogen and oxygen atoms in total. The van der Waals surface area contributed by atoms with Crippen molar-refractivity contribution in [1.82, 2.24) is 0 Å². The molecule has 0 fully saturated rings. The van der Waals surface area contributed by atoms with Gasteiger partial charge in [0.2, 0.25) is 0 Å². The number of hydrogen-bond donors (Lipinski definition) is 1. The quantitative estimate of drug-likeness (QED) is 0.781. The van der Waals surface area contributed by atoms with E-state index >= 15 is 0 Å². The van der Waals surface area contributed by atoms with Gasteiger partial charge in [-0.15, -0.1) is 0 Å². The fourth-order valence-corrected chi connectivity index (χ4v) is 1.72. The van der Waals surface area contributed by atoms with Crippen LogP contribution in [0.4, 0.5) is 0 Å². The van der Waals surface area contributed by atoms with Crippen molar-refractivity contribution in [1.29, 1.82) is 0 Å². The zero-order valence-electron chi connectivity index (χ0n) is 5.80. The molecule has 0 unspecified atom stereocenters. The Bertz CT molecular complexity index is 111. The zero-order valence-corrected chi connectivity index (χ0v) is 9.23. The molecule has 10 heavy (non-hydrogen) atoms. The van der Waals surface area contributed by atoms with E-state index < -0.39 is 6.72 Å². The molecule has 0 aromatic rings. The first-order valence-corrected chi connectivity index (χ1v) is 5.33. The van der Waals surface area contributed by atoms with Crippen molar-refractivity contribution < 1.29 is 60.9 Å². The van der Waals surface area contributed by atoms with Gasteiger partial charge in [-0.25, -0.2) is 0 Å². The van der Waals surface area contributed by atoms with Gasteiger partial charge in [0.05, 0.1) is 13.2 Å². The van der Waals surface area contributed by atoms with Crippen LogP contribution in [0.1, 0.15) is 13.8 Å². The fourth-order valence-electron chi connectivity index (χ4n) is 0.364. The van der Waals surface area contributed by atoms with Gasteiger partial charge in [-0.05, 0) is 25.7 Å². The van der Waals surface area contributed by atoms with Gasteiger partial charge < -0.3 is 13.9 Å². The number of hydrogen-bond acceptors (Lipinski definition) is 3. The molecule has 70 valence electrons. The van der Waals surface area contributed by atoms with Crippen LogP contribution in [-0.4, -0.2) is 18.1 Å². The minimum absolute atomic E-state index is 0. The molecule has 0 saturated carbocycles. The van der Waals surface area contributed by atoms with Gasteiger partial charge in [0, 0.05) is 46.9 Å². The van der Waals surface area contributed by atoms with Crippen LogP contribution in [0.3, 0.4) is 0 Å². The van der Waals surface area contributed by atoms with Crippen molar-refractivity contribution in [2.75, 3.05) is 13.2 Å². The molecule has 0 atom stereocenters. The molecule has 0 aromatic carbocycles. The van der Waals surface area contributed by atoms with E-state index in [0.717, 1.165) is 0 Å². The Morgan fingerprint density at radius 1 is 1.30 bits per heavy atom. The third-order valence-electron chi connectivity index (χ3n) is 0.584. The zero-order chi connectivity index (χ0) is 7.33.